The van der Waals surface area contributed by atoms with E-state index in [0.29, 0.717) is 29.7 Å². The van der Waals surface area contributed by atoms with E-state index < -0.39 is 5.82 Å². The third-order valence-corrected chi connectivity index (χ3v) is 4.69. The molecule has 2 N–H and O–H groups in total. The van der Waals surface area contributed by atoms with Crippen molar-refractivity contribution >= 4 is 5.91 Å². The summed E-state index contributed by atoms with van der Waals surface area (Å²) in [4.78, 5) is 16.5. The zero-order valence-corrected chi connectivity index (χ0v) is 16.8. The SMILES string of the molecule is CCCOc1cccc([C@@H](CCO)NC(=O)c2ccc(-c3ccncc3F)cc2)c1. The maximum Gasteiger partial charge on any atom is 0.251 e. The number of aliphatic hydroxyl groups is 1. The first-order chi connectivity index (χ1) is 14.6. The first-order valence-corrected chi connectivity index (χ1v) is 9.96. The largest absolute Gasteiger partial charge is 0.494 e. The van der Waals surface area contributed by atoms with Crippen LogP contribution in [-0.4, -0.2) is 29.2 Å². The highest BCUT2D eigenvalue weighted by atomic mass is 19.1. The highest BCUT2D eigenvalue weighted by Crippen LogP contribution is 2.24. The van der Waals surface area contributed by atoms with Gasteiger partial charge in [0.15, 0.2) is 0 Å². The van der Waals surface area contributed by atoms with Crippen molar-refractivity contribution in [3.63, 3.8) is 0 Å². The molecule has 0 radical (unpaired) electrons. The number of amides is 1. The number of carbonyl (C=O) groups excluding carboxylic acids is 1. The second-order valence-corrected chi connectivity index (χ2v) is 6.89. The monoisotopic (exact) mass is 408 g/mol. The van der Waals surface area contributed by atoms with Crippen molar-refractivity contribution in [3.8, 4) is 16.9 Å². The van der Waals surface area contributed by atoms with Crippen LogP contribution in [0.15, 0.2) is 67.0 Å². The van der Waals surface area contributed by atoms with Crippen molar-refractivity contribution in [1.29, 1.82) is 0 Å². The van der Waals surface area contributed by atoms with Crippen LogP contribution >= 0.6 is 0 Å². The molecule has 1 heterocycles. The van der Waals surface area contributed by atoms with E-state index in [1.165, 1.54) is 6.20 Å². The lowest BCUT2D eigenvalue weighted by atomic mass is 10.0. The smallest absolute Gasteiger partial charge is 0.251 e. The molecule has 5 nitrogen and oxygen atoms in total. The molecule has 3 rings (SSSR count). The van der Waals surface area contributed by atoms with E-state index in [1.807, 2.05) is 31.2 Å². The van der Waals surface area contributed by atoms with Crippen LogP contribution in [0, 0.1) is 5.82 Å². The molecule has 0 fully saturated rings. The molecule has 0 bridgehead atoms. The lowest BCUT2D eigenvalue weighted by Gasteiger charge is -2.19. The van der Waals surface area contributed by atoms with Crippen molar-refractivity contribution in [2.75, 3.05) is 13.2 Å². The Morgan fingerprint density at radius 2 is 2.00 bits per heavy atom. The predicted octanol–water partition coefficient (Wildman–Crippen LogP) is 4.53. The van der Waals surface area contributed by atoms with Crippen molar-refractivity contribution < 1.29 is 19.0 Å². The van der Waals surface area contributed by atoms with E-state index >= 15 is 0 Å². The summed E-state index contributed by atoms with van der Waals surface area (Å²) in [6, 6.07) is 15.5. The van der Waals surface area contributed by atoms with Crippen molar-refractivity contribution in [1.82, 2.24) is 10.3 Å². The van der Waals surface area contributed by atoms with Gasteiger partial charge >= 0.3 is 0 Å². The van der Waals surface area contributed by atoms with Gasteiger partial charge in [-0.05, 0) is 54.3 Å². The Bertz CT molecular complexity index is 976. The van der Waals surface area contributed by atoms with Crippen LogP contribution in [0.3, 0.4) is 0 Å². The van der Waals surface area contributed by atoms with Crippen LogP contribution in [0.4, 0.5) is 4.39 Å². The average Bonchev–Trinajstić information content (AvgIpc) is 2.78. The fourth-order valence-corrected chi connectivity index (χ4v) is 3.14. The normalized spacial score (nSPS) is 11.7. The Morgan fingerprint density at radius 1 is 1.20 bits per heavy atom. The number of carbonyl (C=O) groups is 1. The molecule has 3 aromatic rings. The molecular formula is C24H25FN2O3. The number of nitrogens with one attached hydrogen (secondary N) is 1. The molecule has 0 saturated heterocycles. The number of aromatic nitrogens is 1. The van der Waals surface area contributed by atoms with Crippen molar-refractivity contribution in [2.24, 2.45) is 0 Å². The number of aliphatic hydroxyl groups excluding tert-OH is 1. The van der Waals surface area contributed by atoms with E-state index in [-0.39, 0.29) is 18.6 Å². The molecule has 0 saturated carbocycles. The fraction of sp³-hybridized carbons (Fsp3) is 0.250. The number of halogens is 1. The Kier molecular flexibility index (Phi) is 7.51. The summed E-state index contributed by atoms with van der Waals surface area (Å²) < 4.78 is 19.6. The Balaban J connectivity index is 1.74. The van der Waals surface area contributed by atoms with Gasteiger partial charge < -0.3 is 15.2 Å². The number of ether oxygens (including phenoxy) is 1. The standard InChI is InChI=1S/C24H25FN2O3/c1-2-14-30-20-5-3-4-19(15-20)23(11-13-28)27-24(29)18-8-6-17(7-9-18)21-10-12-26-16-22(21)25/h3-10,12,15-16,23,28H,2,11,13-14H2,1H3,(H,27,29)/t23-/m1/s1. The minimum absolute atomic E-state index is 0.0642. The van der Waals surface area contributed by atoms with Gasteiger partial charge in [-0.25, -0.2) is 4.39 Å². The van der Waals surface area contributed by atoms with Gasteiger partial charge in [0, 0.05) is 23.9 Å². The first-order valence-electron chi connectivity index (χ1n) is 9.96. The minimum Gasteiger partial charge on any atom is -0.494 e. The number of hydrogen-bond donors (Lipinski definition) is 2. The highest BCUT2D eigenvalue weighted by molar-refractivity contribution is 5.95. The molecular weight excluding hydrogens is 383 g/mol. The molecule has 0 aliphatic carbocycles. The van der Waals surface area contributed by atoms with E-state index in [9.17, 15) is 14.3 Å². The predicted molar refractivity (Wildman–Crippen MR) is 114 cm³/mol. The molecule has 1 atom stereocenters. The maximum atomic E-state index is 13.9. The summed E-state index contributed by atoms with van der Waals surface area (Å²) in [6.07, 6.45) is 3.97. The first kappa shape index (κ1) is 21.5. The van der Waals surface area contributed by atoms with Crippen LogP contribution in [0.2, 0.25) is 0 Å². The molecule has 1 aromatic heterocycles. The Hall–Kier alpha value is -3.25. The van der Waals surface area contributed by atoms with Crippen LogP contribution in [0.1, 0.15) is 41.7 Å². The fourth-order valence-electron chi connectivity index (χ4n) is 3.14. The van der Waals surface area contributed by atoms with Gasteiger partial charge in [-0.2, -0.15) is 0 Å². The van der Waals surface area contributed by atoms with E-state index in [0.717, 1.165) is 23.9 Å². The van der Waals surface area contributed by atoms with Crippen molar-refractivity contribution in [3.05, 3.63) is 83.9 Å². The lowest BCUT2D eigenvalue weighted by Crippen LogP contribution is -2.29. The maximum absolute atomic E-state index is 13.9. The van der Waals surface area contributed by atoms with Gasteiger partial charge in [0.1, 0.15) is 11.6 Å². The minimum atomic E-state index is -0.414. The van der Waals surface area contributed by atoms with Crippen LogP contribution < -0.4 is 10.1 Å². The topological polar surface area (TPSA) is 71.5 Å². The van der Waals surface area contributed by atoms with Gasteiger partial charge in [-0.1, -0.05) is 31.2 Å². The molecule has 0 aliphatic rings. The molecule has 0 unspecified atom stereocenters. The third-order valence-electron chi connectivity index (χ3n) is 4.69. The molecule has 156 valence electrons. The third kappa shape index (κ3) is 5.42. The second-order valence-electron chi connectivity index (χ2n) is 6.89. The number of nitrogens with zero attached hydrogens (tertiary/aromatic N) is 1. The number of pyridine rings is 1. The number of benzene rings is 2. The molecule has 0 spiro atoms. The molecule has 6 heteroatoms. The lowest BCUT2D eigenvalue weighted by molar-refractivity contribution is 0.0930. The summed E-state index contributed by atoms with van der Waals surface area (Å²) >= 11 is 0. The van der Waals surface area contributed by atoms with Crippen LogP contribution in [-0.2, 0) is 0 Å². The highest BCUT2D eigenvalue weighted by Gasteiger charge is 2.16. The summed E-state index contributed by atoms with van der Waals surface area (Å²) in [5.41, 5.74) is 2.41. The van der Waals surface area contributed by atoms with Gasteiger partial charge in [0.25, 0.3) is 5.91 Å². The van der Waals surface area contributed by atoms with Crippen LogP contribution in [0.25, 0.3) is 11.1 Å². The summed E-state index contributed by atoms with van der Waals surface area (Å²) in [7, 11) is 0. The number of hydrogen-bond acceptors (Lipinski definition) is 4. The second kappa shape index (κ2) is 10.5. The van der Waals surface area contributed by atoms with Gasteiger partial charge in [0.2, 0.25) is 0 Å². The molecule has 1 amide bonds. The van der Waals surface area contributed by atoms with E-state index in [4.69, 9.17) is 4.74 Å². The summed E-state index contributed by atoms with van der Waals surface area (Å²) in [5.74, 6) is 0.0493. The summed E-state index contributed by atoms with van der Waals surface area (Å²) in [6.45, 7) is 2.59. The molecule has 30 heavy (non-hydrogen) atoms. The molecule has 2 aromatic carbocycles. The Morgan fingerprint density at radius 3 is 2.70 bits per heavy atom. The number of rotatable bonds is 9. The zero-order valence-electron chi connectivity index (χ0n) is 16.8. The summed E-state index contributed by atoms with van der Waals surface area (Å²) in [5, 5.41) is 12.4. The zero-order chi connectivity index (χ0) is 21.3. The Labute approximate surface area is 175 Å². The van der Waals surface area contributed by atoms with Gasteiger partial charge in [-0.15, -0.1) is 0 Å². The quantitative estimate of drug-likeness (QED) is 0.546. The van der Waals surface area contributed by atoms with E-state index in [2.05, 4.69) is 10.3 Å². The van der Waals surface area contributed by atoms with E-state index in [1.54, 1.807) is 30.3 Å². The van der Waals surface area contributed by atoms with Gasteiger partial charge in [0.05, 0.1) is 18.8 Å². The van der Waals surface area contributed by atoms with Gasteiger partial charge in [-0.3, -0.25) is 9.78 Å². The van der Waals surface area contributed by atoms with Crippen molar-refractivity contribution in [2.45, 2.75) is 25.8 Å². The average molecular weight is 408 g/mol. The molecule has 0 aliphatic heterocycles. The van der Waals surface area contributed by atoms with Crippen LogP contribution in [0.5, 0.6) is 5.75 Å².